The van der Waals surface area contributed by atoms with Crippen LogP contribution in [-0.4, -0.2) is 31.9 Å². The lowest BCUT2D eigenvalue weighted by Gasteiger charge is -2.11. The van der Waals surface area contributed by atoms with Gasteiger partial charge in [-0.25, -0.2) is 17.8 Å². The minimum Gasteiger partial charge on any atom is -0.495 e. The van der Waals surface area contributed by atoms with Crippen molar-refractivity contribution in [2.75, 3.05) is 13.7 Å². The molecule has 0 unspecified atom stereocenters. The van der Waals surface area contributed by atoms with Crippen LogP contribution >= 0.6 is 0 Å². The van der Waals surface area contributed by atoms with Crippen LogP contribution in [0.3, 0.4) is 0 Å². The van der Waals surface area contributed by atoms with Crippen LogP contribution in [0.1, 0.15) is 12.0 Å². The van der Waals surface area contributed by atoms with E-state index in [0.29, 0.717) is 18.7 Å². The molecular weight excluding hydrogens is 318 g/mol. The molecule has 23 heavy (non-hydrogen) atoms. The van der Waals surface area contributed by atoms with Crippen LogP contribution in [-0.2, 0) is 16.6 Å². The number of methoxy groups -OCH3 is 1. The number of ether oxygens (including phenoxy) is 1. The van der Waals surface area contributed by atoms with Gasteiger partial charge in [-0.1, -0.05) is 6.07 Å². The number of rotatable bonds is 7. The maximum Gasteiger partial charge on any atom is 0.266 e. The van der Waals surface area contributed by atoms with Crippen LogP contribution in [0.5, 0.6) is 5.75 Å². The predicted octanol–water partition coefficient (Wildman–Crippen LogP) is 0.929. The van der Waals surface area contributed by atoms with E-state index < -0.39 is 10.0 Å². The van der Waals surface area contributed by atoms with Gasteiger partial charge in [0, 0.05) is 25.4 Å². The first-order chi connectivity index (χ1) is 10.9. The van der Waals surface area contributed by atoms with Gasteiger partial charge in [0.05, 0.1) is 7.11 Å². The largest absolute Gasteiger partial charge is 0.495 e. The lowest BCUT2D eigenvalue weighted by molar-refractivity contribution is 0.402. The molecule has 0 spiro atoms. The normalized spacial score (nSPS) is 11.4. The number of hydrogen-bond acceptors (Lipinski definition) is 5. The van der Waals surface area contributed by atoms with Gasteiger partial charge in [-0.05, 0) is 37.1 Å². The SMILES string of the molecule is COc1cc(C)ccc1S(=O)(=O)NCCCn1ncccc1=O. The summed E-state index contributed by atoms with van der Waals surface area (Å²) in [6, 6.07) is 7.87. The molecule has 1 aromatic heterocycles. The Kier molecular flexibility index (Phi) is 5.51. The molecule has 1 heterocycles. The van der Waals surface area contributed by atoms with Gasteiger partial charge in [-0.2, -0.15) is 5.10 Å². The van der Waals surface area contributed by atoms with Crippen molar-refractivity contribution < 1.29 is 13.2 Å². The molecule has 0 amide bonds. The molecule has 8 heteroatoms. The topological polar surface area (TPSA) is 90.3 Å². The maximum absolute atomic E-state index is 12.3. The fraction of sp³-hybridized carbons (Fsp3) is 0.333. The second kappa shape index (κ2) is 7.38. The average Bonchev–Trinajstić information content (AvgIpc) is 2.52. The van der Waals surface area contributed by atoms with Gasteiger partial charge >= 0.3 is 0 Å². The summed E-state index contributed by atoms with van der Waals surface area (Å²) in [5, 5.41) is 3.91. The Bertz CT molecular complexity index is 831. The van der Waals surface area contributed by atoms with Crippen LogP contribution in [0.4, 0.5) is 0 Å². The van der Waals surface area contributed by atoms with Crippen molar-refractivity contribution in [3.63, 3.8) is 0 Å². The Hall–Kier alpha value is -2.19. The molecule has 0 atom stereocenters. The zero-order valence-corrected chi connectivity index (χ0v) is 13.8. The zero-order valence-electron chi connectivity index (χ0n) is 13.0. The lowest BCUT2D eigenvalue weighted by Crippen LogP contribution is -2.28. The Labute approximate surface area is 135 Å². The fourth-order valence-corrected chi connectivity index (χ4v) is 3.29. The van der Waals surface area contributed by atoms with Gasteiger partial charge in [0.15, 0.2) is 0 Å². The van der Waals surface area contributed by atoms with Gasteiger partial charge in [-0.15, -0.1) is 0 Å². The van der Waals surface area contributed by atoms with Gasteiger partial charge in [0.25, 0.3) is 5.56 Å². The molecule has 0 saturated carbocycles. The maximum atomic E-state index is 12.3. The van der Waals surface area contributed by atoms with Crippen LogP contribution in [0, 0.1) is 6.92 Å². The first-order valence-electron chi connectivity index (χ1n) is 7.10. The summed E-state index contributed by atoms with van der Waals surface area (Å²) < 4.78 is 33.6. The van der Waals surface area contributed by atoms with Crippen molar-refractivity contribution in [2.24, 2.45) is 0 Å². The van der Waals surface area contributed by atoms with Gasteiger partial charge < -0.3 is 4.74 Å². The first-order valence-corrected chi connectivity index (χ1v) is 8.59. The van der Waals surface area contributed by atoms with Crippen LogP contribution in [0.15, 0.2) is 46.2 Å². The molecule has 0 aliphatic heterocycles. The Morgan fingerprint density at radius 2 is 2.09 bits per heavy atom. The number of nitrogens with zero attached hydrogens (tertiary/aromatic N) is 2. The van der Waals surface area contributed by atoms with E-state index in [9.17, 15) is 13.2 Å². The number of nitrogens with one attached hydrogen (secondary N) is 1. The molecule has 0 radical (unpaired) electrons. The van der Waals surface area contributed by atoms with Gasteiger partial charge in [0.2, 0.25) is 10.0 Å². The molecule has 2 aromatic rings. The van der Waals surface area contributed by atoms with Crippen LogP contribution in [0.25, 0.3) is 0 Å². The van der Waals surface area contributed by atoms with E-state index in [1.54, 1.807) is 18.2 Å². The van der Waals surface area contributed by atoms with E-state index in [2.05, 4.69) is 9.82 Å². The second-order valence-corrected chi connectivity index (χ2v) is 6.73. The summed E-state index contributed by atoms with van der Waals surface area (Å²) in [7, 11) is -2.24. The quantitative estimate of drug-likeness (QED) is 0.759. The van der Waals surface area contributed by atoms with Gasteiger partial charge in [0.1, 0.15) is 10.6 Å². The standard InChI is InChI=1S/C15H19N3O4S/c1-12-6-7-14(13(11-12)22-2)23(20,21)17-9-4-10-18-15(19)5-3-8-16-18/h3,5-8,11,17H,4,9-10H2,1-2H3. The van der Waals surface area contributed by atoms with E-state index in [-0.39, 0.29) is 17.0 Å². The average molecular weight is 337 g/mol. The van der Waals surface area contributed by atoms with E-state index in [0.717, 1.165) is 5.56 Å². The number of aryl methyl sites for hydroxylation is 2. The Morgan fingerprint density at radius 1 is 1.30 bits per heavy atom. The molecule has 0 aliphatic carbocycles. The highest BCUT2D eigenvalue weighted by Gasteiger charge is 2.18. The molecule has 0 fully saturated rings. The Morgan fingerprint density at radius 3 is 2.78 bits per heavy atom. The van der Waals surface area contributed by atoms with E-state index >= 15 is 0 Å². The van der Waals surface area contributed by atoms with E-state index in [1.807, 2.05) is 6.92 Å². The molecule has 124 valence electrons. The number of sulfonamides is 1. The van der Waals surface area contributed by atoms with Crippen LogP contribution in [0.2, 0.25) is 0 Å². The van der Waals surface area contributed by atoms with Crippen molar-refractivity contribution in [2.45, 2.75) is 24.8 Å². The van der Waals surface area contributed by atoms with Gasteiger partial charge in [-0.3, -0.25) is 4.79 Å². The molecule has 0 bridgehead atoms. The van der Waals surface area contributed by atoms with Crippen molar-refractivity contribution in [3.05, 3.63) is 52.4 Å². The van der Waals surface area contributed by atoms with Crippen molar-refractivity contribution in [1.82, 2.24) is 14.5 Å². The van der Waals surface area contributed by atoms with Crippen molar-refractivity contribution in [3.8, 4) is 5.75 Å². The van der Waals surface area contributed by atoms with E-state index in [1.165, 1.54) is 30.1 Å². The Balaban J connectivity index is 2.00. The number of aromatic nitrogens is 2. The molecule has 0 saturated heterocycles. The third-order valence-electron chi connectivity index (χ3n) is 3.23. The summed E-state index contributed by atoms with van der Waals surface area (Å²) in [5.41, 5.74) is 0.700. The van der Waals surface area contributed by atoms with Crippen LogP contribution < -0.4 is 15.0 Å². The monoisotopic (exact) mass is 337 g/mol. The number of hydrogen-bond donors (Lipinski definition) is 1. The lowest BCUT2D eigenvalue weighted by atomic mass is 10.2. The molecule has 0 aliphatic rings. The summed E-state index contributed by atoms with van der Waals surface area (Å²) in [6.07, 6.45) is 1.97. The fourth-order valence-electron chi connectivity index (χ4n) is 2.07. The minimum atomic E-state index is -3.67. The minimum absolute atomic E-state index is 0.0978. The van der Waals surface area contributed by atoms with Crippen molar-refractivity contribution >= 4 is 10.0 Å². The molecule has 2 rings (SSSR count). The highest BCUT2D eigenvalue weighted by molar-refractivity contribution is 7.89. The smallest absolute Gasteiger partial charge is 0.266 e. The second-order valence-electron chi connectivity index (χ2n) is 4.99. The van der Waals surface area contributed by atoms with Crippen molar-refractivity contribution in [1.29, 1.82) is 0 Å². The molecule has 1 aromatic carbocycles. The third-order valence-corrected chi connectivity index (χ3v) is 4.73. The summed E-state index contributed by atoms with van der Waals surface area (Å²) in [5.74, 6) is 0.304. The highest BCUT2D eigenvalue weighted by Crippen LogP contribution is 2.24. The summed E-state index contributed by atoms with van der Waals surface area (Å²) in [6.45, 7) is 2.40. The first kappa shape index (κ1) is 17.2. The third kappa shape index (κ3) is 4.40. The zero-order chi connectivity index (χ0) is 16.9. The summed E-state index contributed by atoms with van der Waals surface area (Å²) in [4.78, 5) is 11.6. The molecule has 1 N–H and O–H groups in total. The van der Waals surface area contributed by atoms with E-state index in [4.69, 9.17) is 4.74 Å². The molecular formula is C15H19N3O4S. The summed E-state index contributed by atoms with van der Waals surface area (Å²) >= 11 is 0. The predicted molar refractivity (Wildman–Crippen MR) is 86.0 cm³/mol. The highest BCUT2D eigenvalue weighted by atomic mass is 32.2. The molecule has 7 nitrogen and oxygen atoms in total. The number of benzene rings is 1.